The molecule has 0 aromatic heterocycles. The minimum absolute atomic E-state index is 0.407. The lowest BCUT2D eigenvalue weighted by Gasteiger charge is -2.18. The van der Waals surface area contributed by atoms with Crippen molar-refractivity contribution in [2.24, 2.45) is 0 Å². The second-order valence-electron chi connectivity index (χ2n) is 5.70. The van der Waals surface area contributed by atoms with Crippen LogP contribution in [0.5, 0.6) is 5.75 Å². The molecule has 0 aliphatic rings. The lowest BCUT2D eigenvalue weighted by Crippen LogP contribution is -2.03. The third-order valence-corrected chi connectivity index (χ3v) is 4.10. The van der Waals surface area contributed by atoms with Crippen molar-refractivity contribution in [3.05, 3.63) is 28.8 Å². The van der Waals surface area contributed by atoms with Crippen molar-refractivity contribution in [3.63, 3.8) is 0 Å². The third-order valence-electron chi connectivity index (χ3n) is 4.10. The standard InChI is InChI=1S/C18H30O2/c1-5-6-7-8-9-10-11-17(19)16-13-12-14(2)15(3)18(16)20-4/h12-13,17,19H,5-11H2,1-4H3. The quantitative estimate of drug-likeness (QED) is 0.637. The topological polar surface area (TPSA) is 29.5 Å². The molecule has 0 bridgehead atoms. The summed E-state index contributed by atoms with van der Waals surface area (Å²) in [7, 11) is 1.68. The lowest BCUT2D eigenvalue weighted by atomic mass is 9.97. The van der Waals surface area contributed by atoms with Gasteiger partial charge in [-0.05, 0) is 31.4 Å². The minimum atomic E-state index is -0.407. The van der Waals surface area contributed by atoms with Crippen LogP contribution in [0.3, 0.4) is 0 Å². The van der Waals surface area contributed by atoms with Crippen molar-refractivity contribution in [3.8, 4) is 5.75 Å². The summed E-state index contributed by atoms with van der Waals surface area (Å²) in [5.74, 6) is 0.850. The van der Waals surface area contributed by atoms with E-state index < -0.39 is 6.10 Å². The molecule has 1 rings (SSSR count). The van der Waals surface area contributed by atoms with Crippen LogP contribution in [0.25, 0.3) is 0 Å². The lowest BCUT2D eigenvalue weighted by molar-refractivity contribution is 0.159. The third kappa shape index (κ3) is 4.82. The molecule has 2 nitrogen and oxygen atoms in total. The maximum Gasteiger partial charge on any atom is 0.127 e. The Bertz CT molecular complexity index is 399. The molecule has 0 saturated heterocycles. The van der Waals surface area contributed by atoms with Crippen LogP contribution in [0, 0.1) is 13.8 Å². The molecule has 0 aliphatic heterocycles. The number of unbranched alkanes of at least 4 members (excludes halogenated alkanes) is 5. The summed E-state index contributed by atoms with van der Waals surface area (Å²) in [4.78, 5) is 0. The van der Waals surface area contributed by atoms with Gasteiger partial charge in [-0.25, -0.2) is 0 Å². The van der Waals surface area contributed by atoms with Gasteiger partial charge in [0.15, 0.2) is 0 Å². The Morgan fingerprint density at radius 1 is 1.05 bits per heavy atom. The van der Waals surface area contributed by atoms with Gasteiger partial charge in [-0.1, -0.05) is 57.6 Å². The van der Waals surface area contributed by atoms with Gasteiger partial charge in [0.1, 0.15) is 5.75 Å². The second-order valence-corrected chi connectivity index (χ2v) is 5.70. The van der Waals surface area contributed by atoms with E-state index in [-0.39, 0.29) is 0 Å². The van der Waals surface area contributed by atoms with E-state index in [1.807, 2.05) is 6.07 Å². The molecular formula is C18H30O2. The Hall–Kier alpha value is -1.02. The van der Waals surface area contributed by atoms with Crippen LogP contribution in [0.15, 0.2) is 12.1 Å². The smallest absolute Gasteiger partial charge is 0.127 e. The number of rotatable bonds is 9. The zero-order chi connectivity index (χ0) is 15.0. The second kappa shape index (κ2) is 9.02. The number of aliphatic hydroxyl groups is 1. The van der Waals surface area contributed by atoms with Crippen molar-refractivity contribution in [1.29, 1.82) is 0 Å². The highest BCUT2D eigenvalue weighted by Crippen LogP contribution is 2.33. The molecule has 0 aliphatic carbocycles. The van der Waals surface area contributed by atoms with Crippen LogP contribution in [0.2, 0.25) is 0 Å². The van der Waals surface area contributed by atoms with Gasteiger partial charge in [0, 0.05) is 5.56 Å². The zero-order valence-electron chi connectivity index (χ0n) is 13.5. The maximum absolute atomic E-state index is 10.4. The van der Waals surface area contributed by atoms with Crippen molar-refractivity contribution >= 4 is 0 Å². The number of aryl methyl sites for hydroxylation is 1. The van der Waals surface area contributed by atoms with Crippen LogP contribution in [-0.2, 0) is 0 Å². The first-order chi connectivity index (χ1) is 9.61. The number of hydrogen-bond acceptors (Lipinski definition) is 2. The van der Waals surface area contributed by atoms with Crippen molar-refractivity contribution < 1.29 is 9.84 Å². The van der Waals surface area contributed by atoms with E-state index in [0.717, 1.165) is 29.7 Å². The molecule has 0 radical (unpaired) electrons. The van der Waals surface area contributed by atoms with Crippen LogP contribution in [0.4, 0.5) is 0 Å². The molecule has 1 aromatic rings. The molecule has 0 spiro atoms. The summed E-state index contributed by atoms with van der Waals surface area (Å²) in [6.45, 7) is 6.35. The first-order valence-corrected chi connectivity index (χ1v) is 7.94. The summed E-state index contributed by atoms with van der Waals surface area (Å²) in [5.41, 5.74) is 3.27. The van der Waals surface area contributed by atoms with E-state index in [2.05, 4.69) is 26.8 Å². The molecular weight excluding hydrogens is 248 g/mol. The summed E-state index contributed by atoms with van der Waals surface area (Å²) in [5, 5.41) is 10.4. The first kappa shape index (κ1) is 17.0. The Balaban J connectivity index is 2.51. The highest BCUT2D eigenvalue weighted by atomic mass is 16.5. The summed E-state index contributed by atoms with van der Waals surface area (Å²) in [6.07, 6.45) is 7.92. The van der Waals surface area contributed by atoms with Gasteiger partial charge < -0.3 is 9.84 Å². The predicted octanol–water partition coefficient (Wildman–Crippen LogP) is 5.10. The van der Waals surface area contributed by atoms with Gasteiger partial charge in [0.2, 0.25) is 0 Å². The van der Waals surface area contributed by atoms with Crippen molar-refractivity contribution in [2.75, 3.05) is 7.11 Å². The number of methoxy groups -OCH3 is 1. The largest absolute Gasteiger partial charge is 0.496 e. The number of ether oxygens (including phenoxy) is 1. The summed E-state index contributed by atoms with van der Waals surface area (Å²) in [6, 6.07) is 4.07. The van der Waals surface area contributed by atoms with Gasteiger partial charge in [-0.15, -0.1) is 0 Å². The van der Waals surface area contributed by atoms with Gasteiger partial charge >= 0.3 is 0 Å². The van der Waals surface area contributed by atoms with Crippen LogP contribution < -0.4 is 4.74 Å². The fraction of sp³-hybridized carbons (Fsp3) is 0.667. The van der Waals surface area contributed by atoms with E-state index in [9.17, 15) is 5.11 Å². The molecule has 114 valence electrons. The van der Waals surface area contributed by atoms with Crippen LogP contribution in [-0.4, -0.2) is 12.2 Å². The SMILES string of the molecule is CCCCCCCCC(O)c1ccc(C)c(C)c1OC. The Kier molecular flexibility index (Phi) is 7.68. The number of hydrogen-bond donors (Lipinski definition) is 1. The molecule has 1 atom stereocenters. The Morgan fingerprint density at radius 2 is 1.70 bits per heavy atom. The average Bonchev–Trinajstić information content (AvgIpc) is 2.45. The van der Waals surface area contributed by atoms with Crippen molar-refractivity contribution in [2.45, 2.75) is 71.8 Å². The van der Waals surface area contributed by atoms with Gasteiger partial charge in [-0.3, -0.25) is 0 Å². The molecule has 20 heavy (non-hydrogen) atoms. The maximum atomic E-state index is 10.4. The van der Waals surface area contributed by atoms with Gasteiger partial charge in [0.05, 0.1) is 13.2 Å². The fourth-order valence-electron chi connectivity index (χ4n) is 2.62. The van der Waals surface area contributed by atoms with Crippen LogP contribution in [0.1, 0.15) is 74.7 Å². The monoisotopic (exact) mass is 278 g/mol. The number of benzene rings is 1. The van der Waals surface area contributed by atoms with Crippen molar-refractivity contribution in [1.82, 2.24) is 0 Å². The van der Waals surface area contributed by atoms with E-state index in [0.29, 0.717) is 0 Å². The summed E-state index contributed by atoms with van der Waals surface area (Å²) >= 11 is 0. The molecule has 0 fully saturated rings. The average molecular weight is 278 g/mol. The normalized spacial score (nSPS) is 12.4. The van der Waals surface area contributed by atoms with E-state index in [1.165, 1.54) is 37.7 Å². The molecule has 1 N–H and O–H groups in total. The highest BCUT2D eigenvalue weighted by molar-refractivity contribution is 5.46. The fourth-order valence-corrected chi connectivity index (χ4v) is 2.62. The minimum Gasteiger partial charge on any atom is -0.496 e. The molecule has 1 unspecified atom stereocenters. The van der Waals surface area contributed by atoms with Crippen LogP contribution >= 0.6 is 0 Å². The molecule has 1 aromatic carbocycles. The molecule has 0 saturated carbocycles. The number of aliphatic hydroxyl groups excluding tert-OH is 1. The zero-order valence-corrected chi connectivity index (χ0v) is 13.5. The van der Waals surface area contributed by atoms with Gasteiger partial charge in [-0.2, -0.15) is 0 Å². The molecule has 0 amide bonds. The summed E-state index contributed by atoms with van der Waals surface area (Å²) < 4.78 is 5.48. The molecule has 2 heteroatoms. The first-order valence-electron chi connectivity index (χ1n) is 7.94. The van der Waals surface area contributed by atoms with Gasteiger partial charge in [0.25, 0.3) is 0 Å². The Labute approximate surface area is 124 Å². The van der Waals surface area contributed by atoms with E-state index >= 15 is 0 Å². The Morgan fingerprint density at radius 3 is 2.35 bits per heavy atom. The predicted molar refractivity (Wildman–Crippen MR) is 85.4 cm³/mol. The molecule has 0 heterocycles. The van der Waals surface area contributed by atoms with E-state index in [4.69, 9.17) is 4.74 Å². The van der Waals surface area contributed by atoms with E-state index in [1.54, 1.807) is 7.11 Å². The highest BCUT2D eigenvalue weighted by Gasteiger charge is 2.15.